The SMILES string of the molecule is CCC1CCC(Nc2nc(N)nc(N3CCCC3)n2)CC1. The smallest absolute Gasteiger partial charge is 0.231 e. The standard InChI is InChI=1S/C15H26N6/c1-2-11-5-7-12(8-6-11)17-14-18-13(16)19-15(20-14)21-9-3-4-10-21/h11-12H,2-10H2,1H3,(H3,16,17,18,19,20). The van der Waals surface area contributed by atoms with Crippen LogP contribution < -0.4 is 16.0 Å². The van der Waals surface area contributed by atoms with Gasteiger partial charge in [0.2, 0.25) is 17.8 Å². The van der Waals surface area contributed by atoms with E-state index in [4.69, 9.17) is 5.73 Å². The topological polar surface area (TPSA) is 80.0 Å². The molecule has 3 N–H and O–H groups in total. The van der Waals surface area contributed by atoms with Gasteiger partial charge in [-0.05, 0) is 44.4 Å². The maximum atomic E-state index is 5.85. The Morgan fingerprint density at radius 2 is 1.81 bits per heavy atom. The molecule has 116 valence electrons. The summed E-state index contributed by atoms with van der Waals surface area (Å²) in [5, 5.41) is 3.46. The molecule has 2 fully saturated rings. The summed E-state index contributed by atoms with van der Waals surface area (Å²) in [5.74, 6) is 2.58. The summed E-state index contributed by atoms with van der Waals surface area (Å²) in [4.78, 5) is 15.3. The number of nitrogens with two attached hydrogens (primary N) is 1. The van der Waals surface area contributed by atoms with Crippen LogP contribution in [0, 0.1) is 5.92 Å². The summed E-state index contributed by atoms with van der Waals surface area (Å²) in [6.45, 7) is 4.32. The Bertz CT molecular complexity index is 463. The molecule has 0 aromatic carbocycles. The molecule has 6 heteroatoms. The molecule has 2 aliphatic rings. The predicted molar refractivity (Wildman–Crippen MR) is 85.3 cm³/mol. The van der Waals surface area contributed by atoms with E-state index in [1.807, 2.05) is 0 Å². The van der Waals surface area contributed by atoms with Crippen LogP contribution in [-0.2, 0) is 0 Å². The van der Waals surface area contributed by atoms with Crippen LogP contribution >= 0.6 is 0 Å². The van der Waals surface area contributed by atoms with E-state index in [0.717, 1.165) is 25.0 Å². The zero-order valence-electron chi connectivity index (χ0n) is 12.9. The number of nitrogen functional groups attached to an aromatic ring is 1. The fourth-order valence-electron chi connectivity index (χ4n) is 3.40. The number of nitrogens with zero attached hydrogens (tertiary/aromatic N) is 4. The fourth-order valence-corrected chi connectivity index (χ4v) is 3.40. The average molecular weight is 290 g/mol. The van der Waals surface area contributed by atoms with Crippen LogP contribution in [0.15, 0.2) is 0 Å². The Morgan fingerprint density at radius 1 is 1.10 bits per heavy atom. The number of anilines is 3. The minimum atomic E-state index is 0.316. The first-order valence-corrected chi connectivity index (χ1v) is 8.27. The molecular formula is C15H26N6. The molecule has 1 aliphatic heterocycles. The van der Waals surface area contributed by atoms with Crippen LogP contribution in [0.1, 0.15) is 51.9 Å². The first-order chi connectivity index (χ1) is 10.2. The minimum absolute atomic E-state index is 0.316. The summed E-state index contributed by atoms with van der Waals surface area (Å²) >= 11 is 0. The largest absolute Gasteiger partial charge is 0.368 e. The lowest BCUT2D eigenvalue weighted by atomic mass is 9.85. The second kappa shape index (κ2) is 6.45. The zero-order chi connectivity index (χ0) is 14.7. The van der Waals surface area contributed by atoms with Crippen LogP contribution in [0.25, 0.3) is 0 Å². The molecule has 1 aromatic heterocycles. The van der Waals surface area contributed by atoms with Gasteiger partial charge < -0.3 is 16.0 Å². The van der Waals surface area contributed by atoms with Crippen molar-refractivity contribution in [2.45, 2.75) is 57.9 Å². The number of aromatic nitrogens is 3. The summed E-state index contributed by atoms with van der Waals surface area (Å²) in [6.07, 6.45) is 8.70. The summed E-state index contributed by atoms with van der Waals surface area (Å²) in [7, 11) is 0. The van der Waals surface area contributed by atoms with Gasteiger partial charge in [-0.1, -0.05) is 13.3 Å². The molecule has 1 saturated carbocycles. The summed E-state index contributed by atoms with van der Waals surface area (Å²) in [5.41, 5.74) is 5.85. The Kier molecular flexibility index (Phi) is 4.41. The lowest BCUT2D eigenvalue weighted by Gasteiger charge is -2.28. The van der Waals surface area contributed by atoms with Crippen molar-refractivity contribution < 1.29 is 0 Å². The second-order valence-electron chi connectivity index (χ2n) is 6.28. The van der Waals surface area contributed by atoms with E-state index in [-0.39, 0.29) is 0 Å². The van der Waals surface area contributed by atoms with E-state index in [0.29, 0.717) is 17.9 Å². The van der Waals surface area contributed by atoms with Gasteiger partial charge in [0, 0.05) is 19.1 Å². The predicted octanol–water partition coefficient (Wildman–Crippen LogP) is 2.43. The van der Waals surface area contributed by atoms with Crippen LogP contribution in [-0.4, -0.2) is 34.1 Å². The van der Waals surface area contributed by atoms with Gasteiger partial charge in [-0.2, -0.15) is 15.0 Å². The second-order valence-corrected chi connectivity index (χ2v) is 6.28. The maximum Gasteiger partial charge on any atom is 0.231 e. The molecule has 1 saturated heterocycles. The Morgan fingerprint density at radius 3 is 2.48 bits per heavy atom. The highest BCUT2D eigenvalue weighted by Gasteiger charge is 2.22. The average Bonchev–Trinajstić information content (AvgIpc) is 3.02. The highest BCUT2D eigenvalue weighted by atomic mass is 15.3. The van der Waals surface area contributed by atoms with Crippen molar-refractivity contribution >= 4 is 17.8 Å². The van der Waals surface area contributed by atoms with Crippen molar-refractivity contribution in [2.75, 3.05) is 29.0 Å². The van der Waals surface area contributed by atoms with Crippen LogP contribution in [0.5, 0.6) is 0 Å². The lowest BCUT2D eigenvalue weighted by Crippen LogP contribution is -2.28. The molecule has 0 bridgehead atoms. The first-order valence-electron chi connectivity index (χ1n) is 8.27. The van der Waals surface area contributed by atoms with Gasteiger partial charge in [0.05, 0.1) is 0 Å². The van der Waals surface area contributed by atoms with Gasteiger partial charge in [-0.25, -0.2) is 0 Å². The third-order valence-corrected chi connectivity index (χ3v) is 4.79. The fraction of sp³-hybridized carbons (Fsp3) is 0.800. The number of rotatable bonds is 4. The number of hydrogen-bond acceptors (Lipinski definition) is 6. The first kappa shape index (κ1) is 14.4. The molecule has 0 atom stereocenters. The molecule has 6 nitrogen and oxygen atoms in total. The highest BCUT2D eigenvalue weighted by molar-refractivity contribution is 5.42. The van der Waals surface area contributed by atoms with Gasteiger partial charge in [0.1, 0.15) is 0 Å². The van der Waals surface area contributed by atoms with E-state index < -0.39 is 0 Å². The summed E-state index contributed by atoms with van der Waals surface area (Å²) in [6, 6.07) is 0.473. The minimum Gasteiger partial charge on any atom is -0.368 e. The number of hydrogen-bond donors (Lipinski definition) is 2. The van der Waals surface area contributed by atoms with Gasteiger partial charge >= 0.3 is 0 Å². The Balaban J connectivity index is 1.65. The molecule has 3 rings (SSSR count). The Hall–Kier alpha value is -1.59. The van der Waals surface area contributed by atoms with E-state index in [1.165, 1.54) is 44.9 Å². The van der Waals surface area contributed by atoms with E-state index in [9.17, 15) is 0 Å². The third kappa shape index (κ3) is 3.54. The van der Waals surface area contributed by atoms with Gasteiger partial charge in [0.25, 0.3) is 0 Å². The molecule has 0 amide bonds. The van der Waals surface area contributed by atoms with Gasteiger partial charge in [-0.15, -0.1) is 0 Å². The monoisotopic (exact) mass is 290 g/mol. The van der Waals surface area contributed by atoms with Crippen molar-refractivity contribution in [1.82, 2.24) is 15.0 Å². The third-order valence-electron chi connectivity index (χ3n) is 4.79. The lowest BCUT2D eigenvalue weighted by molar-refractivity contribution is 0.329. The molecule has 0 unspecified atom stereocenters. The Labute approximate surface area is 126 Å². The molecule has 1 aliphatic carbocycles. The van der Waals surface area contributed by atoms with Gasteiger partial charge in [0.15, 0.2) is 0 Å². The van der Waals surface area contributed by atoms with Crippen LogP contribution in [0.4, 0.5) is 17.8 Å². The zero-order valence-corrected chi connectivity index (χ0v) is 12.9. The molecule has 1 aromatic rings. The van der Waals surface area contributed by atoms with E-state index in [1.54, 1.807) is 0 Å². The van der Waals surface area contributed by atoms with Crippen molar-refractivity contribution in [2.24, 2.45) is 5.92 Å². The van der Waals surface area contributed by atoms with E-state index >= 15 is 0 Å². The van der Waals surface area contributed by atoms with Crippen molar-refractivity contribution in [1.29, 1.82) is 0 Å². The molecule has 2 heterocycles. The number of nitrogens with one attached hydrogen (secondary N) is 1. The maximum absolute atomic E-state index is 5.85. The van der Waals surface area contributed by atoms with E-state index in [2.05, 4.69) is 32.1 Å². The quantitative estimate of drug-likeness (QED) is 0.886. The van der Waals surface area contributed by atoms with Gasteiger partial charge in [-0.3, -0.25) is 0 Å². The van der Waals surface area contributed by atoms with Crippen LogP contribution in [0.3, 0.4) is 0 Å². The van der Waals surface area contributed by atoms with Crippen molar-refractivity contribution in [3.63, 3.8) is 0 Å². The normalized spacial score (nSPS) is 26.0. The molecule has 0 radical (unpaired) electrons. The summed E-state index contributed by atoms with van der Waals surface area (Å²) < 4.78 is 0. The van der Waals surface area contributed by atoms with Crippen LogP contribution in [0.2, 0.25) is 0 Å². The molecule has 21 heavy (non-hydrogen) atoms. The van der Waals surface area contributed by atoms with Crippen molar-refractivity contribution in [3.05, 3.63) is 0 Å². The molecule has 0 spiro atoms. The molecular weight excluding hydrogens is 264 g/mol. The van der Waals surface area contributed by atoms with Crippen molar-refractivity contribution in [3.8, 4) is 0 Å². The highest BCUT2D eigenvalue weighted by Crippen LogP contribution is 2.28.